The number of methoxy groups -OCH3 is 1. The van der Waals surface area contributed by atoms with Crippen molar-refractivity contribution in [1.82, 2.24) is 0 Å². The first kappa shape index (κ1) is 12.5. The largest absolute Gasteiger partial charge is 0.487 e. The summed E-state index contributed by atoms with van der Waals surface area (Å²) in [6.45, 7) is 4.35. The Labute approximate surface area is 95.9 Å². The molecule has 0 amide bonds. The third kappa shape index (κ3) is 2.97. The van der Waals surface area contributed by atoms with E-state index in [9.17, 15) is 0 Å². The second-order valence-corrected chi connectivity index (χ2v) is 3.75. The van der Waals surface area contributed by atoms with Gasteiger partial charge in [0.1, 0.15) is 17.7 Å². The first-order valence-electron chi connectivity index (χ1n) is 5.16. The van der Waals surface area contributed by atoms with E-state index in [0.29, 0.717) is 17.9 Å². The molecule has 88 valence electrons. The summed E-state index contributed by atoms with van der Waals surface area (Å²) < 4.78 is 10.7. The molecule has 1 atom stereocenters. The zero-order chi connectivity index (χ0) is 12.1. The average molecular weight is 222 g/mol. The van der Waals surface area contributed by atoms with Crippen molar-refractivity contribution in [3.8, 4) is 5.75 Å². The lowest BCUT2D eigenvalue weighted by Crippen LogP contribution is -2.21. The van der Waals surface area contributed by atoms with Crippen LogP contribution in [0.3, 0.4) is 0 Å². The van der Waals surface area contributed by atoms with Crippen LogP contribution in [-0.2, 0) is 4.74 Å². The highest BCUT2D eigenvalue weighted by Crippen LogP contribution is 2.24. The molecule has 0 radical (unpaired) electrons. The minimum Gasteiger partial charge on any atom is -0.487 e. The van der Waals surface area contributed by atoms with Crippen molar-refractivity contribution in [3.63, 3.8) is 0 Å². The second-order valence-electron chi connectivity index (χ2n) is 3.75. The summed E-state index contributed by atoms with van der Waals surface area (Å²) in [6, 6.07) is 5.57. The van der Waals surface area contributed by atoms with Crippen molar-refractivity contribution in [3.05, 3.63) is 29.3 Å². The van der Waals surface area contributed by atoms with E-state index >= 15 is 0 Å². The summed E-state index contributed by atoms with van der Waals surface area (Å²) in [5.41, 5.74) is 7.10. The molecule has 0 saturated heterocycles. The minimum absolute atomic E-state index is 0.0170. The number of amidine groups is 1. The predicted molar refractivity (Wildman–Crippen MR) is 64.2 cm³/mol. The molecule has 1 aromatic carbocycles. The van der Waals surface area contributed by atoms with Crippen molar-refractivity contribution in [1.29, 1.82) is 5.41 Å². The van der Waals surface area contributed by atoms with Gasteiger partial charge >= 0.3 is 0 Å². The molecule has 0 aliphatic heterocycles. The Kier molecular flexibility index (Phi) is 4.31. The SMILES string of the molecule is COCC(C)Oc1c(C)cccc1C(=N)N. The van der Waals surface area contributed by atoms with Gasteiger partial charge in [0, 0.05) is 7.11 Å². The van der Waals surface area contributed by atoms with Crippen molar-refractivity contribution < 1.29 is 9.47 Å². The maximum absolute atomic E-state index is 7.49. The molecular formula is C12H18N2O2. The average Bonchev–Trinajstić information content (AvgIpc) is 2.21. The number of nitrogen functional groups attached to an aromatic ring is 1. The lowest BCUT2D eigenvalue weighted by molar-refractivity contribution is 0.0915. The fraction of sp³-hybridized carbons (Fsp3) is 0.417. The third-order valence-corrected chi connectivity index (χ3v) is 2.22. The van der Waals surface area contributed by atoms with Gasteiger partial charge in [0.05, 0.1) is 12.2 Å². The molecule has 0 aliphatic carbocycles. The smallest absolute Gasteiger partial charge is 0.133 e. The predicted octanol–water partition coefficient (Wildman–Crippen LogP) is 1.69. The standard InChI is InChI=1S/C12H18N2O2/c1-8-5-4-6-10(12(13)14)11(8)16-9(2)7-15-3/h4-6,9H,7H2,1-3H3,(H3,13,14). The molecule has 3 N–H and O–H groups in total. The summed E-state index contributed by atoms with van der Waals surface area (Å²) in [5, 5.41) is 7.49. The van der Waals surface area contributed by atoms with E-state index in [1.54, 1.807) is 13.2 Å². The monoisotopic (exact) mass is 222 g/mol. The van der Waals surface area contributed by atoms with Crippen molar-refractivity contribution >= 4 is 5.84 Å². The number of nitrogens with one attached hydrogen (secondary N) is 1. The van der Waals surface area contributed by atoms with Crippen LogP contribution >= 0.6 is 0 Å². The van der Waals surface area contributed by atoms with Crippen LogP contribution in [0.5, 0.6) is 5.75 Å². The van der Waals surface area contributed by atoms with E-state index in [-0.39, 0.29) is 11.9 Å². The zero-order valence-electron chi connectivity index (χ0n) is 9.91. The third-order valence-electron chi connectivity index (χ3n) is 2.22. The molecule has 1 unspecified atom stereocenters. The van der Waals surface area contributed by atoms with Gasteiger partial charge in [-0.2, -0.15) is 0 Å². The molecule has 1 rings (SSSR count). The van der Waals surface area contributed by atoms with Gasteiger partial charge in [-0.25, -0.2) is 0 Å². The lowest BCUT2D eigenvalue weighted by atomic mass is 10.1. The van der Waals surface area contributed by atoms with E-state index in [2.05, 4.69) is 0 Å². The second kappa shape index (κ2) is 5.51. The van der Waals surface area contributed by atoms with E-state index in [1.807, 2.05) is 26.0 Å². The molecule has 0 fully saturated rings. The number of ether oxygens (including phenoxy) is 2. The Morgan fingerprint density at radius 2 is 2.19 bits per heavy atom. The van der Waals surface area contributed by atoms with Crippen LogP contribution in [0.25, 0.3) is 0 Å². The summed E-state index contributed by atoms with van der Waals surface area (Å²) in [5.74, 6) is 0.683. The van der Waals surface area contributed by atoms with Gasteiger partial charge < -0.3 is 15.2 Å². The molecule has 1 aromatic rings. The van der Waals surface area contributed by atoms with Gasteiger partial charge in [-0.15, -0.1) is 0 Å². The number of hydrogen-bond acceptors (Lipinski definition) is 3. The molecule has 0 aromatic heterocycles. The lowest BCUT2D eigenvalue weighted by Gasteiger charge is -2.18. The maximum Gasteiger partial charge on any atom is 0.133 e. The molecule has 0 saturated carbocycles. The Balaban J connectivity index is 2.97. The minimum atomic E-state index is -0.0656. The zero-order valence-corrected chi connectivity index (χ0v) is 9.91. The van der Waals surface area contributed by atoms with Crippen molar-refractivity contribution in [2.75, 3.05) is 13.7 Å². The van der Waals surface area contributed by atoms with E-state index in [0.717, 1.165) is 5.56 Å². The van der Waals surface area contributed by atoms with Crippen LogP contribution in [0.1, 0.15) is 18.1 Å². The van der Waals surface area contributed by atoms with Gasteiger partial charge in [-0.05, 0) is 25.5 Å². The molecule has 0 heterocycles. The quantitative estimate of drug-likeness (QED) is 0.588. The van der Waals surface area contributed by atoms with Crippen LogP contribution < -0.4 is 10.5 Å². The van der Waals surface area contributed by atoms with E-state index in [4.69, 9.17) is 20.6 Å². The van der Waals surface area contributed by atoms with Crippen molar-refractivity contribution in [2.45, 2.75) is 20.0 Å². The fourth-order valence-electron chi connectivity index (χ4n) is 1.49. The van der Waals surface area contributed by atoms with Crippen LogP contribution in [-0.4, -0.2) is 25.7 Å². The molecule has 0 aliphatic rings. The Bertz CT molecular complexity index is 377. The van der Waals surface area contributed by atoms with Crippen LogP contribution in [0.2, 0.25) is 0 Å². The fourth-order valence-corrected chi connectivity index (χ4v) is 1.49. The highest BCUT2D eigenvalue weighted by atomic mass is 16.5. The molecular weight excluding hydrogens is 204 g/mol. The summed E-state index contributed by atoms with van der Waals surface area (Å²) >= 11 is 0. The summed E-state index contributed by atoms with van der Waals surface area (Å²) in [7, 11) is 1.63. The summed E-state index contributed by atoms with van der Waals surface area (Å²) in [6.07, 6.45) is -0.0656. The molecule has 4 nitrogen and oxygen atoms in total. The number of nitrogens with two attached hydrogens (primary N) is 1. The highest BCUT2D eigenvalue weighted by Gasteiger charge is 2.12. The summed E-state index contributed by atoms with van der Waals surface area (Å²) in [4.78, 5) is 0. The number of para-hydroxylation sites is 1. The first-order valence-corrected chi connectivity index (χ1v) is 5.16. The maximum atomic E-state index is 7.49. The molecule has 0 spiro atoms. The van der Waals surface area contributed by atoms with Gasteiger partial charge in [-0.3, -0.25) is 5.41 Å². The van der Waals surface area contributed by atoms with E-state index in [1.165, 1.54) is 0 Å². The van der Waals surface area contributed by atoms with Crippen LogP contribution in [0.4, 0.5) is 0 Å². The van der Waals surface area contributed by atoms with Gasteiger partial charge in [0.2, 0.25) is 0 Å². The number of rotatable bonds is 5. The molecule has 0 bridgehead atoms. The molecule has 16 heavy (non-hydrogen) atoms. The molecule has 4 heteroatoms. The van der Waals surface area contributed by atoms with Crippen molar-refractivity contribution in [2.24, 2.45) is 5.73 Å². The Morgan fingerprint density at radius 1 is 1.50 bits per heavy atom. The number of hydrogen-bond donors (Lipinski definition) is 2. The topological polar surface area (TPSA) is 68.3 Å². The Morgan fingerprint density at radius 3 is 2.75 bits per heavy atom. The van der Waals surface area contributed by atoms with Crippen LogP contribution in [0.15, 0.2) is 18.2 Å². The van der Waals surface area contributed by atoms with Gasteiger partial charge in [0.15, 0.2) is 0 Å². The first-order chi connectivity index (χ1) is 7.56. The van der Waals surface area contributed by atoms with Gasteiger partial charge in [0.25, 0.3) is 0 Å². The van der Waals surface area contributed by atoms with E-state index < -0.39 is 0 Å². The van der Waals surface area contributed by atoms with Gasteiger partial charge in [-0.1, -0.05) is 12.1 Å². The van der Waals surface area contributed by atoms with Crippen LogP contribution in [0, 0.1) is 12.3 Å². The Hall–Kier alpha value is -1.55. The number of aryl methyl sites for hydroxylation is 1. The number of benzene rings is 1. The highest BCUT2D eigenvalue weighted by molar-refractivity contribution is 5.98. The normalized spacial score (nSPS) is 12.2.